The minimum absolute atomic E-state index is 0.0479. The van der Waals surface area contributed by atoms with E-state index in [1.54, 1.807) is 40.1 Å². The van der Waals surface area contributed by atoms with Crippen molar-refractivity contribution in [2.45, 2.75) is 36.3 Å². The SMILES string of the molecule is CN(C)C(=O)c1cc(CN2C(=O)N(c3ccc(SC(F)(F)F)cc3)C(=O)C2(C)C)ccn1. The van der Waals surface area contributed by atoms with Gasteiger partial charge >= 0.3 is 11.5 Å². The third kappa shape index (κ3) is 4.72. The minimum Gasteiger partial charge on any atom is -0.343 e. The molecule has 32 heavy (non-hydrogen) atoms. The van der Waals surface area contributed by atoms with E-state index in [1.807, 2.05) is 0 Å². The van der Waals surface area contributed by atoms with Gasteiger partial charge in [-0.05, 0) is 67.6 Å². The molecule has 0 atom stereocenters. The van der Waals surface area contributed by atoms with Crippen molar-refractivity contribution in [3.05, 3.63) is 53.9 Å². The van der Waals surface area contributed by atoms with Crippen molar-refractivity contribution in [1.82, 2.24) is 14.8 Å². The highest BCUT2D eigenvalue weighted by atomic mass is 32.2. The highest BCUT2D eigenvalue weighted by molar-refractivity contribution is 8.00. The molecule has 1 aliphatic heterocycles. The summed E-state index contributed by atoms with van der Waals surface area (Å²) in [5, 5.41) is 0. The molecule has 0 spiro atoms. The van der Waals surface area contributed by atoms with Gasteiger partial charge in [-0.25, -0.2) is 9.69 Å². The Morgan fingerprint density at radius 1 is 1.12 bits per heavy atom. The number of imide groups is 1. The lowest BCUT2D eigenvalue weighted by Crippen LogP contribution is -2.43. The number of benzene rings is 1. The van der Waals surface area contributed by atoms with Gasteiger partial charge in [-0.2, -0.15) is 13.2 Å². The fourth-order valence-corrected chi connectivity index (χ4v) is 3.77. The molecular formula is C21H21F3N4O3S. The molecule has 0 bridgehead atoms. The summed E-state index contributed by atoms with van der Waals surface area (Å²) >= 11 is -0.274. The quantitative estimate of drug-likeness (QED) is 0.489. The zero-order valence-corrected chi connectivity index (χ0v) is 18.6. The number of alkyl halides is 3. The van der Waals surface area contributed by atoms with E-state index in [4.69, 9.17) is 0 Å². The van der Waals surface area contributed by atoms with Crippen molar-refractivity contribution in [1.29, 1.82) is 0 Å². The molecule has 7 nitrogen and oxygen atoms in total. The largest absolute Gasteiger partial charge is 0.446 e. The average Bonchev–Trinajstić information content (AvgIpc) is 2.87. The van der Waals surface area contributed by atoms with E-state index >= 15 is 0 Å². The van der Waals surface area contributed by atoms with E-state index in [2.05, 4.69) is 4.98 Å². The lowest BCUT2D eigenvalue weighted by atomic mass is 10.0. The van der Waals surface area contributed by atoms with Crippen molar-refractivity contribution in [2.75, 3.05) is 19.0 Å². The molecule has 1 saturated heterocycles. The smallest absolute Gasteiger partial charge is 0.343 e. The number of carbonyl (C=O) groups is 3. The van der Waals surface area contributed by atoms with Crippen LogP contribution in [0.3, 0.4) is 0 Å². The highest BCUT2D eigenvalue weighted by Crippen LogP contribution is 2.38. The van der Waals surface area contributed by atoms with Crippen LogP contribution in [0.5, 0.6) is 0 Å². The van der Waals surface area contributed by atoms with Gasteiger partial charge in [0.2, 0.25) is 0 Å². The Hall–Kier alpha value is -3.08. The Morgan fingerprint density at radius 3 is 2.31 bits per heavy atom. The number of urea groups is 1. The summed E-state index contributed by atoms with van der Waals surface area (Å²) in [6, 6.07) is 7.65. The van der Waals surface area contributed by atoms with E-state index in [1.165, 1.54) is 40.3 Å². The zero-order valence-electron chi connectivity index (χ0n) is 17.8. The number of amides is 4. The Kier molecular flexibility index (Phi) is 6.23. The van der Waals surface area contributed by atoms with E-state index < -0.39 is 23.0 Å². The number of nitrogens with zero attached hydrogens (tertiary/aromatic N) is 4. The van der Waals surface area contributed by atoms with Crippen LogP contribution < -0.4 is 4.90 Å². The number of carbonyl (C=O) groups excluding carboxylic acids is 3. The predicted octanol–water partition coefficient (Wildman–Crippen LogP) is 4.14. The predicted molar refractivity (Wildman–Crippen MR) is 113 cm³/mol. The Balaban J connectivity index is 1.86. The average molecular weight is 466 g/mol. The van der Waals surface area contributed by atoms with E-state index in [0.29, 0.717) is 5.56 Å². The summed E-state index contributed by atoms with van der Waals surface area (Å²) in [4.78, 5) is 46.0. The summed E-state index contributed by atoms with van der Waals surface area (Å²) in [5.41, 5.74) is -4.64. The topological polar surface area (TPSA) is 73.8 Å². The Bertz CT molecular complexity index is 1060. The van der Waals surface area contributed by atoms with Gasteiger partial charge in [0.15, 0.2) is 0 Å². The van der Waals surface area contributed by atoms with Crippen molar-refractivity contribution in [3.8, 4) is 0 Å². The van der Waals surface area contributed by atoms with Gasteiger partial charge in [-0.1, -0.05) is 0 Å². The molecule has 1 aromatic carbocycles. The first-order valence-electron chi connectivity index (χ1n) is 9.50. The lowest BCUT2D eigenvalue weighted by Gasteiger charge is -2.27. The van der Waals surface area contributed by atoms with Gasteiger partial charge in [0, 0.05) is 31.7 Å². The summed E-state index contributed by atoms with van der Waals surface area (Å²) in [7, 11) is 3.19. The van der Waals surface area contributed by atoms with Crippen LogP contribution in [0, 0.1) is 0 Å². The fraction of sp³-hybridized carbons (Fsp3) is 0.333. The van der Waals surface area contributed by atoms with Gasteiger partial charge in [-0.15, -0.1) is 0 Å². The van der Waals surface area contributed by atoms with Crippen molar-refractivity contribution in [3.63, 3.8) is 0 Å². The molecule has 1 aliphatic rings. The molecule has 0 saturated carbocycles. The molecule has 0 aliphatic carbocycles. The van der Waals surface area contributed by atoms with Gasteiger partial charge in [0.25, 0.3) is 11.8 Å². The van der Waals surface area contributed by atoms with Crippen LogP contribution in [0.2, 0.25) is 0 Å². The molecule has 2 aromatic rings. The number of aromatic nitrogens is 1. The minimum atomic E-state index is -4.43. The van der Waals surface area contributed by atoms with Crippen LogP contribution in [0.4, 0.5) is 23.7 Å². The molecule has 1 fully saturated rings. The molecule has 1 aromatic heterocycles. The van der Waals surface area contributed by atoms with Gasteiger partial charge in [0.05, 0.1) is 5.69 Å². The summed E-state index contributed by atoms with van der Waals surface area (Å²) in [6.07, 6.45) is 1.45. The maximum absolute atomic E-state index is 13.1. The van der Waals surface area contributed by atoms with Crippen LogP contribution in [-0.4, -0.2) is 57.8 Å². The maximum atomic E-state index is 13.1. The standard InChI is InChI=1S/C21H21F3N4O3S/c1-20(2)18(30)28(14-5-7-15(8-6-14)32-21(22,23)24)19(31)27(20)12-13-9-10-25-16(11-13)17(29)26(3)4/h5-11H,12H2,1-4H3. The van der Waals surface area contributed by atoms with E-state index in [0.717, 1.165) is 4.90 Å². The van der Waals surface area contributed by atoms with Crippen LogP contribution in [0.15, 0.2) is 47.5 Å². The third-order valence-electron chi connectivity index (χ3n) is 4.94. The number of hydrogen-bond donors (Lipinski definition) is 0. The molecule has 11 heteroatoms. The Labute approximate surface area is 187 Å². The normalized spacial score (nSPS) is 16.0. The number of halogens is 3. The van der Waals surface area contributed by atoms with Crippen LogP contribution in [-0.2, 0) is 11.3 Å². The molecule has 0 N–H and O–H groups in total. The van der Waals surface area contributed by atoms with Crippen molar-refractivity contribution in [2.24, 2.45) is 0 Å². The highest BCUT2D eigenvalue weighted by Gasteiger charge is 2.51. The first-order chi connectivity index (χ1) is 14.8. The summed E-state index contributed by atoms with van der Waals surface area (Å²) in [5.74, 6) is -0.800. The van der Waals surface area contributed by atoms with Crippen LogP contribution >= 0.6 is 11.8 Å². The lowest BCUT2D eigenvalue weighted by molar-refractivity contribution is -0.123. The molecule has 0 unspecified atom stereocenters. The van der Waals surface area contributed by atoms with Crippen LogP contribution in [0.1, 0.15) is 29.9 Å². The second-order valence-electron chi connectivity index (χ2n) is 7.86. The van der Waals surface area contributed by atoms with Gasteiger partial charge in [-0.3, -0.25) is 14.6 Å². The first-order valence-corrected chi connectivity index (χ1v) is 10.3. The summed E-state index contributed by atoms with van der Waals surface area (Å²) in [6.45, 7) is 3.23. The molecular weight excluding hydrogens is 445 g/mol. The maximum Gasteiger partial charge on any atom is 0.446 e. The van der Waals surface area contributed by atoms with E-state index in [9.17, 15) is 27.6 Å². The molecule has 2 heterocycles. The number of pyridine rings is 1. The molecule has 0 radical (unpaired) electrons. The summed E-state index contributed by atoms with van der Waals surface area (Å²) < 4.78 is 37.7. The van der Waals surface area contributed by atoms with Crippen molar-refractivity contribution >= 4 is 35.3 Å². The fourth-order valence-electron chi connectivity index (χ4n) is 3.23. The van der Waals surface area contributed by atoms with E-state index in [-0.39, 0.29) is 40.5 Å². The number of rotatable bonds is 5. The second-order valence-corrected chi connectivity index (χ2v) is 9.00. The first kappa shape index (κ1) is 23.6. The second kappa shape index (κ2) is 8.45. The molecule has 3 rings (SSSR count). The van der Waals surface area contributed by atoms with Gasteiger partial charge < -0.3 is 9.80 Å². The van der Waals surface area contributed by atoms with Crippen molar-refractivity contribution < 1.29 is 27.6 Å². The number of thioether (sulfide) groups is 1. The third-order valence-corrected chi connectivity index (χ3v) is 5.68. The Morgan fingerprint density at radius 2 is 1.75 bits per heavy atom. The molecule has 4 amide bonds. The number of hydrogen-bond acceptors (Lipinski definition) is 5. The number of anilines is 1. The molecule has 170 valence electrons. The zero-order chi connectivity index (χ0) is 23.8. The van der Waals surface area contributed by atoms with Gasteiger partial charge in [0.1, 0.15) is 11.2 Å². The monoisotopic (exact) mass is 466 g/mol. The van der Waals surface area contributed by atoms with Crippen LogP contribution in [0.25, 0.3) is 0 Å².